The van der Waals surface area contributed by atoms with Crippen LogP contribution in [0.3, 0.4) is 0 Å². The summed E-state index contributed by atoms with van der Waals surface area (Å²) in [6, 6.07) is 80.1. The SMILES string of the molecule is c1ccc(-n2c3ccccc3c3c4c(c5c6ccccc6oc5c32)N(c2ccc3oc5ccccc5c3c2)C(c2ccccc2)(c2ccccc2)N4c2ccc3oc4ccccc4c3c2)cc1. The zero-order valence-corrected chi connectivity index (χ0v) is 35.9. The predicted molar refractivity (Wildman–Crippen MR) is 273 cm³/mol. The monoisotopic (exact) mass is 859 g/mol. The molecule has 10 aromatic carbocycles. The van der Waals surface area contributed by atoms with Crippen LogP contribution in [0, 0.1) is 0 Å². The first-order chi connectivity index (χ1) is 33.3. The third-order valence-electron chi connectivity index (χ3n) is 14.1. The number of hydrogen-bond acceptors (Lipinski definition) is 5. The molecule has 0 atom stereocenters. The van der Waals surface area contributed by atoms with Gasteiger partial charge in [0.25, 0.3) is 0 Å². The molecule has 1 aliphatic rings. The van der Waals surface area contributed by atoms with Crippen molar-refractivity contribution in [2.24, 2.45) is 0 Å². The Morgan fingerprint density at radius 1 is 0.313 bits per heavy atom. The molecule has 0 amide bonds. The lowest BCUT2D eigenvalue weighted by Gasteiger charge is -2.47. The summed E-state index contributed by atoms with van der Waals surface area (Å²) in [5.41, 5.74) is 13.4. The summed E-state index contributed by atoms with van der Waals surface area (Å²) < 4.78 is 22.8. The van der Waals surface area contributed by atoms with Crippen LogP contribution in [0.4, 0.5) is 22.7 Å². The second kappa shape index (κ2) is 13.5. The lowest BCUT2D eigenvalue weighted by Crippen LogP contribution is -2.51. The highest BCUT2D eigenvalue weighted by atomic mass is 16.3. The number of furan rings is 3. The Hall–Kier alpha value is -9.00. The fraction of sp³-hybridized carbons (Fsp3) is 0.0164. The Balaban J connectivity index is 1.23. The molecule has 5 heterocycles. The molecule has 1 aliphatic heterocycles. The minimum atomic E-state index is -1.04. The van der Waals surface area contributed by atoms with Gasteiger partial charge >= 0.3 is 0 Å². The molecule has 0 radical (unpaired) electrons. The number of anilines is 4. The molecule has 0 aliphatic carbocycles. The third kappa shape index (κ3) is 4.83. The number of benzene rings is 10. The number of rotatable bonds is 5. The number of fused-ring (bicyclic) bond motifs is 16. The maximum atomic E-state index is 7.30. The van der Waals surface area contributed by atoms with Crippen LogP contribution in [0.5, 0.6) is 0 Å². The smallest absolute Gasteiger partial charge is 0.175 e. The molecule has 6 nitrogen and oxygen atoms in total. The molecule has 4 aromatic heterocycles. The lowest BCUT2D eigenvalue weighted by atomic mass is 9.87. The number of para-hydroxylation sites is 5. The van der Waals surface area contributed by atoms with Gasteiger partial charge in [-0.15, -0.1) is 0 Å². The molecule has 14 aromatic rings. The summed E-state index contributed by atoms with van der Waals surface area (Å²) in [6.07, 6.45) is 0. The first-order valence-electron chi connectivity index (χ1n) is 22.8. The molecular formula is C61H37N3O3. The van der Waals surface area contributed by atoms with E-state index >= 15 is 0 Å². The lowest BCUT2D eigenvalue weighted by molar-refractivity contribution is 0.561. The van der Waals surface area contributed by atoms with Crippen LogP contribution in [0.2, 0.25) is 0 Å². The molecule has 6 heteroatoms. The van der Waals surface area contributed by atoms with Crippen molar-refractivity contribution in [3.05, 3.63) is 236 Å². The van der Waals surface area contributed by atoms with Gasteiger partial charge in [-0.1, -0.05) is 152 Å². The van der Waals surface area contributed by atoms with E-state index in [9.17, 15) is 0 Å². The predicted octanol–water partition coefficient (Wildman–Crippen LogP) is 16.7. The zero-order valence-electron chi connectivity index (χ0n) is 35.9. The normalized spacial score (nSPS) is 13.7. The van der Waals surface area contributed by atoms with Crippen LogP contribution in [0.25, 0.3) is 93.3 Å². The van der Waals surface area contributed by atoms with Gasteiger partial charge in [0.1, 0.15) is 33.4 Å². The molecule has 67 heavy (non-hydrogen) atoms. The quantitative estimate of drug-likeness (QED) is 0.173. The van der Waals surface area contributed by atoms with Crippen molar-refractivity contribution < 1.29 is 13.3 Å². The first kappa shape index (κ1) is 36.4. The van der Waals surface area contributed by atoms with Crippen molar-refractivity contribution in [3.63, 3.8) is 0 Å². The van der Waals surface area contributed by atoms with E-state index in [0.717, 1.165) is 127 Å². The molecule has 0 unspecified atom stereocenters. The highest BCUT2D eigenvalue weighted by Gasteiger charge is 2.56. The van der Waals surface area contributed by atoms with Crippen molar-refractivity contribution in [3.8, 4) is 5.69 Å². The number of hydrogen-bond donors (Lipinski definition) is 0. The Labute approximate surface area is 383 Å². The Morgan fingerprint density at radius 2 is 0.746 bits per heavy atom. The van der Waals surface area contributed by atoms with Crippen molar-refractivity contribution >= 4 is 110 Å². The topological polar surface area (TPSA) is 50.8 Å². The van der Waals surface area contributed by atoms with Crippen LogP contribution < -0.4 is 9.80 Å². The fourth-order valence-corrected chi connectivity index (χ4v) is 11.4. The molecule has 15 rings (SSSR count). The van der Waals surface area contributed by atoms with Crippen LogP contribution in [-0.2, 0) is 5.66 Å². The van der Waals surface area contributed by atoms with Crippen LogP contribution in [0.1, 0.15) is 11.1 Å². The van der Waals surface area contributed by atoms with Crippen molar-refractivity contribution in [2.45, 2.75) is 5.66 Å². The summed E-state index contributed by atoms with van der Waals surface area (Å²) in [7, 11) is 0. The van der Waals surface area contributed by atoms with E-state index in [4.69, 9.17) is 13.3 Å². The van der Waals surface area contributed by atoms with Gasteiger partial charge in [-0.25, -0.2) is 0 Å². The fourth-order valence-electron chi connectivity index (χ4n) is 11.4. The standard InChI is InChI=1S/C61H37N3O3/c1-4-18-38(19-5-1)61(39-20-6-2-7-21-39)63(41-32-34-53-47(36-41)43-24-11-15-29-50(43)65-53)57-55-45-26-10-14-28-49(45)62(40-22-8-3-9-23-40)59(55)60-56(46-27-13-17-31-52(46)67-60)58(57)64(61)42-33-35-54-48(37-42)44-25-12-16-30-51(44)66-54/h1-37H. The maximum Gasteiger partial charge on any atom is 0.175 e. The Kier molecular flexibility index (Phi) is 7.33. The molecule has 314 valence electrons. The van der Waals surface area contributed by atoms with Crippen molar-refractivity contribution in [2.75, 3.05) is 9.80 Å². The molecule has 0 saturated heterocycles. The minimum absolute atomic E-state index is 0.822. The average Bonchev–Trinajstić information content (AvgIpc) is 4.21. The van der Waals surface area contributed by atoms with E-state index in [1.165, 1.54) is 0 Å². The summed E-state index contributed by atoms with van der Waals surface area (Å²) >= 11 is 0. The first-order valence-corrected chi connectivity index (χ1v) is 22.8. The third-order valence-corrected chi connectivity index (χ3v) is 14.1. The minimum Gasteiger partial charge on any atom is -0.456 e. The molecule has 0 spiro atoms. The van der Waals surface area contributed by atoms with Gasteiger partial charge in [0.2, 0.25) is 0 Å². The van der Waals surface area contributed by atoms with Gasteiger partial charge in [0.15, 0.2) is 11.2 Å². The number of aromatic nitrogens is 1. The van der Waals surface area contributed by atoms with Gasteiger partial charge in [-0.05, 0) is 72.8 Å². The Bertz CT molecular complexity index is 4260. The highest BCUT2D eigenvalue weighted by molar-refractivity contribution is 6.34. The maximum absolute atomic E-state index is 7.30. The molecular weight excluding hydrogens is 823 g/mol. The van der Waals surface area contributed by atoms with E-state index in [1.807, 2.05) is 12.1 Å². The Morgan fingerprint density at radius 3 is 1.31 bits per heavy atom. The van der Waals surface area contributed by atoms with E-state index < -0.39 is 5.66 Å². The van der Waals surface area contributed by atoms with Crippen LogP contribution in [-0.4, -0.2) is 4.57 Å². The van der Waals surface area contributed by atoms with Gasteiger partial charge in [-0.2, -0.15) is 0 Å². The van der Waals surface area contributed by atoms with Crippen LogP contribution >= 0.6 is 0 Å². The van der Waals surface area contributed by atoms with Crippen LogP contribution in [0.15, 0.2) is 238 Å². The molecule has 0 saturated carbocycles. The zero-order chi connectivity index (χ0) is 43.8. The van der Waals surface area contributed by atoms with Crippen molar-refractivity contribution in [1.29, 1.82) is 0 Å². The van der Waals surface area contributed by atoms with E-state index in [2.05, 4.69) is 227 Å². The molecule has 0 N–H and O–H groups in total. The highest BCUT2D eigenvalue weighted by Crippen LogP contribution is 2.66. The second-order valence-electron chi connectivity index (χ2n) is 17.5. The second-order valence-corrected chi connectivity index (χ2v) is 17.5. The van der Waals surface area contributed by atoms with Crippen molar-refractivity contribution in [1.82, 2.24) is 4.57 Å². The molecule has 0 fully saturated rings. The van der Waals surface area contributed by atoms with Gasteiger partial charge in [-0.3, -0.25) is 0 Å². The molecule has 0 bridgehead atoms. The van der Waals surface area contributed by atoms with E-state index in [0.29, 0.717) is 0 Å². The summed E-state index contributed by atoms with van der Waals surface area (Å²) in [4.78, 5) is 5.22. The summed E-state index contributed by atoms with van der Waals surface area (Å²) in [6.45, 7) is 0. The van der Waals surface area contributed by atoms with Gasteiger partial charge in [0, 0.05) is 65.9 Å². The van der Waals surface area contributed by atoms with E-state index in [1.54, 1.807) is 0 Å². The van der Waals surface area contributed by atoms with Gasteiger partial charge in [0.05, 0.1) is 22.3 Å². The summed E-state index contributed by atoms with van der Waals surface area (Å²) in [5, 5.41) is 8.51. The van der Waals surface area contributed by atoms with E-state index in [-0.39, 0.29) is 0 Å². The summed E-state index contributed by atoms with van der Waals surface area (Å²) in [5.74, 6) is 0. The van der Waals surface area contributed by atoms with Gasteiger partial charge < -0.3 is 27.6 Å². The average molecular weight is 860 g/mol. The largest absolute Gasteiger partial charge is 0.456 e. The number of nitrogens with zero attached hydrogens (tertiary/aromatic N) is 3.